The van der Waals surface area contributed by atoms with Crippen molar-refractivity contribution in [3.63, 3.8) is 0 Å². The number of hydrogen-bond acceptors (Lipinski definition) is 3. The van der Waals surface area contributed by atoms with Crippen LogP contribution in [-0.4, -0.2) is 38.2 Å². The Morgan fingerprint density at radius 2 is 1.96 bits per heavy atom. The van der Waals surface area contributed by atoms with Crippen molar-refractivity contribution >= 4 is 41.5 Å². The van der Waals surface area contributed by atoms with Crippen molar-refractivity contribution in [2.24, 2.45) is 4.99 Å². The molecular formula is C18H24ClIN4O. The first-order valence-corrected chi connectivity index (χ1v) is 8.23. The van der Waals surface area contributed by atoms with Gasteiger partial charge in [-0.3, -0.25) is 4.99 Å². The molecule has 0 amide bonds. The van der Waals surface area contributed by atoms with Gasteiger partial charge in [0.2, 0.25) is 0 Å². The zero-order valence-corrected chi connectivity index (χ0v) is 17.5. The highest BCUT2D eigenvalue weighted by atomic mass is 127. The third-order valence-electron chi connectivity index (χ3n) is 3.63. The molecule has 2 rings (SSSR count). The zero-order valence-electron chi connectivity index (χ0n) is 14.4. The summed E-state index contributed by atoms with van der Waals surface area (Å²) in [6.07, 6.45) is 2.61. The first-order chi connectivity index (χ1) is 11.7. The minimum absolute atomic E-state index is 0. The van der Waals surface area contributed by atoms with Gasteiger partial charge in [-0.05, 0) is 23.6 Å². The maximum absolute atomic E-state index is 5.79. The number of benzene rings is 1. The molecule has 0 aliphatic heterocycles. The van der Waals surface area contributed by atoms with Crippen LogP contribution in [-0.2, 0) is 11.2 Å². The monoisotopic (exact) mass is 474 g/mol. The molecule has 0 saturated carbocycles. The quantitative estimate of drug-likeness (QED) is 0.279. The molecule has 5 nitrogen and oxygen atoms in total. The van der Waals surface area contributed by atoms with Crippen molar-refractivity contribution < 1.29 is 4.74 Å². The summed E-state index contributed by atoms with van der Waals surface area (Å²) in [5.41, 5.74) is 2.26. The van der Waals surface area contributed by atoms with Gasteiger partial charge in [0.15, 0.2) is 5.96 Å². The third-order valence-corrected chi connectivity index (χ3v) is 3.85. The number of methoxy groups -OCH3 is 1. The van der Waals surface area contributed by atoms with Gasteiger partial charge in [0.25, 0.3) is 0 Å². The molecule has 1 atom stereocenters. The van der Waals surface area contributed by atoms with E-state index in [1.807, 2.05) is 24.3 Å². The summed E-state index contributed by atoms with van der Waals surface area (Å²) in [6.45, 7) is 1.40. The van der Waals surface area contributed by atoms with Crippen molar-refractivity contribution in [2.75, 3.05) is 27.2 Å². The predicted octanol–water partition coefficient (Wildman–Crippen LogP) is 3.45. The third kappa shape index (κ3) is 7.58. The van der Waals surface area contributed by atoms with E-state index < -0.39 is 0 Å². The molecule has 25 heavy (non-hydrogen) atoms. The number of aliphatic imine (C=N–C) groups is 1. The van der Waals surface area contributed by atoms with Gasteiger partial charge < -0.3 is 15.4 Å². The number of pyridine rings is 1. The topological polar surface area (TPSA) is 58.5 Å². The molecule has 0 aliphatic rings. The summed E-state index contributed by atoms with van der Waals surface area (Å²) in [6, 6.07) is 13.9. The molecule has 0 saturated heterocycles. The van der Waals surface area contributed by atoms with E-state index in [2.05, 4.69) is 32.7 Å². The Kier molecular flexibility index (Phi) is 10.4. The number of hydrogen-bond donors (Lipinski definition) is 2. The average Bonchev–Trinajstić information content (AvgIpc) is 2.63. The summed E-state index contributed by atoms with van der Waals surface area (Å²) in [7, 11) is 3.46. The van der Waals surface area contributed by atoms with Gasteiger partial charge in [-0.2, -0.15) is 0 Å². The van der Waals surface area contributed by atoms with E-state index in [1.165, 1.54) is 0 Å². The van der Waals surface area contributed by atoms with E-state index in [0.29, 0.717) is 11.7 Å². The van der Waals surface area contributed by atoms with Crippen molar-refractivity contribution in [1.82, 2.24) is 15.6 Å². The average molecular weight is 475 g/mol. The van der Waals surface area contributed by atoms with Crippen LogP contribution >= 0.6 is 35.6 Å². The molecule has 1 heterocycles. The summed E-state index contributed by atoms with van der Waals surface area (Å²) in [4.78, 5) is 8.31. The molecule has 0 aliphatic carbocycles. The predicted molar refractivity (Wildman–Crippen MR) is 114 cm³/mol. The number of guanidine groups is 1. The van der Waals surface area contributed by atoms with Gasteiger partial charge in [0.1, 0.15) is 5.15 Å². The van der Waals surface area contributed by atoms with Crippen LogP contribution in [0.25, 0.3) is 0 Å². The minimum atomic E-state index is -0.0229. The van der Waals surface area contributed by atoms with E-state index in [0.717, 1.165) is 30.1 Å². The van der Waals surface area contributed by atoms with Gasteiger partial charge in [0, 0.05) is 33.4 Å². The van der Waals surface area contributed by atoms with E-state index in [4.69, 9.17) is 16.3 Å². The van der Waals surface area contributed by atoms with E-state index in [1.54, 1.807) is 26.4 Å². The van der Waals surface area contributed by atoms with Crippen LogP contribution in [0, 0.1) is 0 Å². The Hall–Kier alpha value is -1.38. The van der Waals surface area contributed by atoms with Crippen molar-refractivity contribution in [1.29, 1.82) is 0 Å². The van der Waals surface area contributed by atoms with Crippen LogP contribution in [0.15, 0.2) is 53.7 Å². The molecule has 1 unspecified atom stereocenters. The van der Waals surface area contributed by atoms with Crippen LogP contribution < -0.4 is 10.6 Å². The molecule has 2 aromatic rings. The number of ether oxygens (including phenoxy) is 1. The van der Waals surface area contributed by atoms with Crippen LogP contribution in [0.3, 0.4) is 0 Å². The van der Waals surface area contributed by atoms with Crippen molar-refractivity contribution in [2.45, 2.75) is 12.5 Å². The minimum Gasteiger partial charge on any atom is -0.375 e. The maximum Gasteiger partial charge on any atom is 0.191 e. The standard InChI is InChI=1S/C18H23ClN4O.HI/c1-20-18(21-11-10-14-8-9-17(19)22-12-14)23-13-16(24-2)15-6-4-3-5-7-15;/h3-9,12,16H,10-11,13H2,1-2H3,(H2,20,21,23);1H. The van der Waals surface area contributed by atoms with Crippen molar-refractivity contribution in [3.8, 4) is 0 Å². The van der Waals surface area contributed by atoms with Crippen LogP contribution in [0.2, 0.25) is 5.15 Å². The number of nitrogens with one attached hydrogen (secondary N) is 2. The van der Waals surface area contributed by atoms with E-state index in [9.17, 15) is 0 Å². The number of halogens is 2. The van der Waals surface area contributed by atoms with Crippen molar-refractivity contribution in [3.05, 3.63) is 64.9 Å². The fraction of sp³-hybridized carbons (Fsp3) is 0.333. The second-order valence-electron chi connectivity index (χ2n) is 5.25. The van der Waals surface area contributed by atoms with Gasteiger partial charge in [-0.1, -0.05) is 48.0 Å². The molecular weight excluding hydrogens is 451 g/mol. The van der Waals surface area contributed by atoms with Gasteiger partial charge in [0.05, 0.1) is 6.10 Å². The smallest absolute Gasteiger partial charge is 0.191 e. The summed E-state index contributed by atoms with van der Waals surface area (Å²) >= 11 is 5.79. The normalized spacial score (nSPS) is 12.2. The van der Waals surface area contributed by atoms with Crippen LogP contribution in [0.1, 0.15) is 17.2 Å². The lowest BCUT2D eigenvalue weighted by Gasteiger charge is -2.18. The Bertz CT molecular complexity index is 637. The molecule has 1 aromatic heterocycles. The fourth-order valence-electron chi connectivity index (χ4n) is 2.29. The van der Waals surface area contributed by atoms with E-state index in [-0.39, 0.29) is 30.1 Å². The molecule has 0 radical (unpaired) electrons. The summed E-state index contributed by atoms with van der Waals surface area (Å²) in [5.74, 6) is 0.745. The molecule has 1 aromatic carbocycles. The SMILES string of the molecule is CN=C(NCCc1ccc(Cl)nc1)NCC(OC)c1ccccc1.I. The Balaban J connectivity index is 0.00000312. The number of aromatic nitrogens is 1. The molecule has 0 bridgehead atoms. The lowest BCUT2D eigenvalue weighted by Crippen LogP contribution is -2.40. The largest absolute Gasteiger partial charge is 0.375 e. The second kappa shape index (κ2) is 12.1. The summed E-state index contributed by atoms with van der Waals surface area (Å²) in [5, 5.41) is 7.09. The van der Waals surface area contributed by atoms with Gasteiger partial charge in [-0.15, -0.1) is 24.0 Å². The second-order valence-corrected chi connectivity index (χ2v) is 5.64. The fourth-order valence-corrected chi connectivity index (χ4v) is 2.41. The van der Waals surface area contributed by atoms with Gasteiger partial charge in [-0.25, -0.2) is 4.98 Å². The lowest BCUT2D eigenvalue weighted by molar-refractivity contribution is 0.106. The zero-order chi connectivity index (χ0) is 17.2. The van der Waals surface area contributed by atoms with E-state index >= 15 is 0 Å². The maximum atomic E-state index is 5.79. The lowest BCUT2D eigenvalue weighted by atomic mass is 10.1. The molecule has 7 heteroatoms. The molecule has 0 spiro atoms. The Morgan fingerprint density at radius 3 is 2.56 bits per heavy atom. The highest BCUT2D eigenvalue weighted by molar-refractivity contribution is 14.0. The van der Waals surface area contributed by atoms with Gasteiger partial charge >= 0.3 is 0 Å². The highest BCUT2D eigenvalue weighted by Crippen LogP contribution is 2.14. The Labute approximate surface area is 171 Å². The molecule has 0 fully saturated rings. The molecule has 2 N–H and O–H groups in total. The highest BCUT2D eigenvalue weighted by Gasteiger charge is 2.10. The van der Waals surface area contributed by atoms with Crippen LogP contribution in [0.5, 0.6) is 0 Å². The first-order valence-electron chi connectivity index (χ1n) is 7.85. The number of nitrogens with zero attached hydrogens (tertiary/aromatic N) is 2. The first kappa shape index (κ1) is 21.7. The number of rotatable bonds is 7. The molecule has 136 valence electrons. The Morgan fingerprint density at radius 1 is 1.20 bits per heavy atom. The summed E-state index contributed by atoms with van der Waals surface area (Å²) < 4.78 is 5.55. The van der Waals surface area contributed by atoms with Crippen LogP contribution in [0.4, 0.5) is 0 Å².